The molecule has 4 rings (SSSR count). The number of rotatable bonds is 6. The maximum atomic E-state index is 13.1. The molecule has 178 valence electrons. The van der Waals surface area contributed by atoms with Gasteiger partial charge < -0.3 is 0 Å². The number of aromatic nitrogens is 1. The molecule has 1 aromatic heterocycles. The third-order valence-electron chi connectivity index (χ3n) is 5.23. The highest BCUT2D eigenvalue weighted by molar-refractivity contribution is 7.99. The van der Waals surface area contributed by atoms with Crippen molar-refractivity contribution in [3.05, 3.63) is 106 Å². The minimum Gasteiger partial charge on any atom is -0.298 e. The van der Waals surface area contributed by atoms with Crippen LogP contribution in [-0.2, 0) is 6.18 Å². The molecule has 3 aromatic carbocycles. The first kappa shape index (κ1) is 24.6. The Hall–Kier alpha value is -4.49. The lowest BCUT2D eigenvalue weighted by Crippen LogP contribution is -2.04. The van der Waals surface area contributed by atoms with E-state index >= 15 is 0 Å². The average molecular weight is 505 g/mol. The van der Waals surface area contributed by atoms with Crippen LogP contribution in [0.2, 0.25) is 0 Å². The molecule has 36 heavy (non-hydrogen) atoms. The molecule has 0 amide bonds. The fourth-order valence-electron chi connectivity index (χ4n) is 3.47. The van der Waals surface area contributed by atoms with Gasteiger partial charge in [-0.1, -0.05) is 54.2 Å². The predicted molar refractivity (Wildman–Crippen MR) is 127 cm³/mol. The molecule has 0 N–H and O–H groups in total. The number of carbonyl (C=O) groups is 1. The molecule has 0 aliphatic rings. The van der Waals surface area contributed by atoms with Crippen molar-refractivity contribution in [2.24, 2.45) is 0 Å². The Morgan fingerprint density at radius 2 is 1.67 bits per heavy atom. The Labute approximate surface area is 207 Å². The van der Waals surface area contributed by atoms with Gasteiger partial charge in [0.1, 0.15) is 11.1 Å². The number of alkyl halides is 3. The Morgan fingerprint density at radius 3 is 2.25 bits per heavy atom. The number of nitro groups is 1. The topological polar surface area (TPSA) is 96.9 Å². The van der Waals surface area contributed by atoms with E-state index in [0.29, 0.717) is 33.6 Å². The molecule has 6 nitrogen and oxygen atoms in total. The molecule has 0 unspecified atom stereocenters. The summed E-state index contributed by atoms with van der Waals surface area (Å²) < 4.78 is 39.2. The van der Waals surface area contributed by atoms with E-state index in [4.69, 9.17) is 0 Å². The van der Waals surface area contributed by atoms with Crippen LogP contribution in [0.4, 0.5) is 18.9 Å². The van der Waals surface area contributed by atoms with Crippen LogP contribution in [0, 0.1) is 21.4 Å². The summed E-state index contributed by atoms with van der Waals surface area (Å²) in [5.74, 6) is 0. The zero-order chi connectivity index (χ0) is 25.9. The first-order chi connectivity index (χ1) is 17.2. The molecule has 0 saturated heterocycles. The van der Waals surface area contributed by atoms with Crippen molar-refractivity contribution in [2.45, 2.75) is 16.1 Å². The van der Waals surface area contributed by atoms with E-state index in [1.165, 1.54) is 24.3 Å². The van der Waals surface area contributed by atoms with Gasteiger partial charge >= 0.3 is 6.18 Å². The number of non-ortho nitro benzene ring substituents is 1. The second-order valence-electron chi connectivity index (χ2n) is 7.49. The van der Waals surface area contributed by atoms with Crippen LogP contribution in [-0.4, -0.2) is 16.2 Å². The highest BCUT2D eigenvalue weighted by atomic mass is 32.2. The summed E-state index contributed by atoms with van der Waals surface area (Å²) in [7, 11) is 0. The predicted octanol–water partition coefficient (Wildman–Crippen LogP) is 7.18. The third-order valence-corrected chi connectivity index (χ3v) is 6.31. The SMILES string of the molecule is N#Cc1c(-c2ccc(C(F)(F)F)cc2)cc(-c2ccccc2)nc1Sc1ccc([N+](=O)[O-])cc1C=O. The number of nitro benzene ring substituents is 1. The maximum absolute atomic E-state index is 13.1. The Bertz CT molecular complexity index is 1500. The van der Waals surface area contributed by atoms with Crippen molar-refractivity contribution in [3.8, 4) is 28.5 Å². The number of benzene rings is 3. The minimum atomic E-state index is -4.51. The monoisotopic (exact) mass is 505 g/mol. The van der Waals surface area contributed by atoms with Crippen LogP contribution in [0.15, 0.2) is 88.8 Å². The molecular formula is C26H14F3N3O3S. The van der Waals surface area contributed by atoms with Crippen molar-refractivity contribution in [2.75, 3.05) is 0 Å². The second-order valence-corrected chi connectivity index (χ2v) is 8.52. The number of hydrogen-bond acceptors (Lipinski definition) is 6. The van der Waals surface area contributed by atoms with Gasteiger partial charge in [-0.3, -0.25) is 14.9 Å². The van der Waals surface area contributed by atoms with E-state index in [1.807, 2.05) is 6.07 Å². The molecule has 4 aromatic rings. The van der Waals surface area contributed by atoms with E-state index in [-0.39, 0.29) is 21.8 Å². The number of aldehydes is 1. The lowest BCUT2D eigenvalue weighted by molar-refractivity contribution is -0.384. The fraction of sp³-hybridized carbons (Fsp3) is 0.0385. The summed E-state index contributed by atoms with van der Waals surface area (Å²) in [6.07, 6.45) is -4.04. The van der Waals surface area contributed by atoms with E-state index in [1.54, 1.807) is 30.3 Å². The number of pyridine rings is 1. The van der Waals surface area contributed by atoms with E-state index in [0.717, 1.165) is 30.0 Å². The zero-order valence-electron chi connectivity index (χ0n) is 18.2. The van der Waals surface area contributed by atoms with Gasteiger partial charge in [0.05, 0.1) is 21.7 Å². The highest BCUT2D eigenvalue weighted by Gasteiger charge is 2.30. The largest absolute Gasteiger partial charge is 0.416 e. The van der Waals surface area contributed by atoms with Gasteiger partial charge in [-0.25, -0.2) is 4.98 Å². The van der Waals surface area contributed by atoms with Crippen LogP contribution in [0.5, 0.6) is 0 Å². The Morgan fingerprint density at radius 1 is 0.972 bits per heavy atom. The van der Waals surface area contributed by atoms with Gasteiger partial charge in [0.2, 0.25) is 0 Å². The number of nitrogens with zero attached hydrogens (tertiary/aromatic N) is 3. The first-order valence-electron chi connectivity index (χ1n) is 10.3. The zero-order valence-corrected chi connectivity index (χ0v) is 19.0. The molecule has 10 heteroatoms. The van der Waals surface area contributed by atoms with Gasteiger partial charge in [0.15, 0.2) is 6.29 Å². The third kappa shape index (κ3) is 5.11. The molecule has 0 spiro atoms. The summed E-state index contributed by atoms with van der Waals surface area (Å²) >= 11 is 0.968. The summed E-state index contributed by atoms with van der Waals surface area (Å²) in [6, 6.07) is 20.9. The molecule has 0 radical (unpaired) electrons. The van der Waals surface area contributed by atoms with Crippen molar-refractivity contribution in [1.29, 1.82) is 5.26 Å². The average Bonchev–Trinajstić information content (AvgIpc) is 2.88. The van der Waals surface area contributed by atoms with E-state index in [2.05, 4.69) is 11.1 Å². The first-order valence-corrected chi connectivity index (χ1v) is 11.1. The van der Waals surface area contributed by atoms with Crippen molar-refractivity contribution in [1.82, 2.24) is 4.98 Å². The lowest BCUT2D eigenvalue weighted by Gasteiger charge is -2.14. The molecule has 0 aliphatic heterocycles. The number of hydrogen-bond donors (Lipinski definition) is 0. The standard InChI is InChI=1S/C26H14F3N3O3S/c27-26(28,29)19-8-6-16(7-9-19)21-13-23(17-4-2-1-3-5-17)31-25(22(21)14-30)36-24-11-10-20(32(34)35)12-18(24)15-33/h1-13,15H. The van der Waals surface area contributed by atoms with Crippen molar-refractivity contribution < 1.29 is 22.9 Å². The molecular weight excluding hydrogens is 491 g/mol. The van der Waals surface area contributed by atoms with Gasteiger partial charge in [-0.2, -0.15) is 18.4 Å². The number of carbonyl (C=O) groups excluding carboxylic acids is 1. The van der Waals surface area contributed by atoms with Gasteiger partial charge in [0, 0.05) is 33.7 Å². The minimum absolute atomic E-state index is 0.0427. The van der Waals surface area contributed by atoms with E-state index < -0.39 is 16.7 Å². The summed E-state index contributed by atoms with van der Waals surface area (Å²) in [5.41, 5.74) is 0.947. The fourth-order valence-corrected chi connectivity index (χ4v) is 4.44. The molecule has 0 saturated carbocycles. The van der Waals surface area contributed by atoms with Crippen LogP contribution in [0.3, 0.4) is 0 Å². The van der Waals surface area contributed by atoms with E-state index in [9.17, 15) is 33.3 Å². The van der Waals surface area contributed by atoms with Crippen LogP contribution < -0.4 is 0 Å². The van der Waals surface area contributed by atoms with Gasteiger partial charge in [-0.15, -0.1) is 0 Å². The molecule has 0 fully saturated rings. The summed E-state index contributed by atoms with van der Waals surface area (Å²) in [5, 5.41) is 21.3. The quantitative estimate of drug-likeness (QED) is 0.156. The van der Waals surface area contributed by atoms with Crippen molar-refractivity contribution in [3.63, 3.8) is 0 Å². The smallest absolute Gasteiger partial charge is 0.298 e. The summed E-state index contributed by atoms with van der Waals surface area (Å²) in [4.78, 5) is 27.0. The molecule has 0 bridgehead atoms. The number of nitriles is 1. The molecule has 0 atom stereocenters. The molecule has 0 aliphatic carbocycles. The van der Waals surface area contributed by atoms with Gasteiger partial charge in [-0.05, 0) is 29.8 Å². The van der Waals surface area contributed by atoms with Crippen LogP contribution >= 0.6 is 11.8 Å². The van der Waals surface area contributed by atoms with Crippen LogP contribution in [0.25, 0.3) is 22.4 Å². The van der Waals surface area contributed by atoms with Crippen LogP contribution in [0.1, 0.15) is 21.5 Å². The Kier molecular flexibility index (Phi) is 6.85. The number of halogens is 3. The second kappa shape index (κ2) is 10.0. The molecule has 1 heterocycles. The summed E-state index contributed by atoms with van der Waals surface area (Å²) in [6.45, 7) is 0. The van der Waals surface area contributed by atoms with Gasteiger partial charge in [0.25, 0.3) is 5.69 Å². The normalized spacial score (nSPS) is 11.1. The Balaban J connectivity index is 1.90. The maximum Gasteiger partial charge on any atom is 0.416 e. The lowest BCUT2D eigenvalue weighted by atomic mass is 9.98. The highest BCUT2D eigenvalue weighted by Crippen LogP contribution is 2.39. The van der Waals surface area contributed by atoms with Crippen molar-refractivity contribution >= 4 is 23.7 Å².